The van der Waals surface area contributed by atoms with Gasteiger partial charge in [-0.05, 0) is 76.0 Å². The van der Waals surface area contributed by atoms with E-state index in [4.69, 9.17) is 0 Å². The van der Waals surface area contributed by atoms with E-state index in [1.807, 2.05) is 0 Å². The largest absolute Gasteiger partial charge is 0.131 e. The second-order valence-corrected chi connectivity index (χ2v) is 33.6. The molecule has 1 aromatic rings. The average Bonchev–Trinajstić information content (AvgIpc) is 2.76. The second-order valence-electron chi connectivity index (χ2n) is 19.3. The van der Waals surface area contributed by atoms with Crippen molar-refractivity contribution in [3.63, 3.8) is 0 Å². The van der Waals surface area contributed by atoms with Crippen molar-refractivity contribution in [1.82, 2.24) is 0 Å². The van der Waals surface area contributed by atoms with Crippen LogP contribution in [0.2, 0.25) is 58.9 Å². The summed E-state index contributed by atoms with van der Waals surface area (Å²) in [4.78, 5) is 0. The number of benzene rings is 1. The third kappa shape index (κ3) is 6.07. The lowest BCUT2D eigenvalue weighted by atomic mass is 9.36. The highest BCUT2D eigenvalue weighted by Gasteiger charge is 2.68. The smallest absolute Gasteiger partial charge is 0.129 e. The van der Waals surface area contributed by atoms with Crippen LogP contribution in [-0.4, -0.2) is 24.2 Å². The minimum absolute atomic E-state index is 0.176. The third-order valence-corrected chi connectivity index (χ3v) is 13.2. The normalized spacial score (nSPS) is 37.0. The first kappa shape index (κ1) is 30.9. The van der Waals surface area contributed by atoms with Crippen LogP contribution >= 0.6 is 0 Å². The van der Waals surface area contributed by atoms with Crippen molar-refractivity contribution in [3.8, 4) is 69.9 Å². The van der Waals surface area contributed by atoms with E-state index in [1.54, 1.807) is 0 Å². The van der Waals surface area contributed by atoms with E-state index in [-0.39, 0.29) is 32.5 Å². The number of hydrogen-bond donors (Lipinski definition) is 0. The topological polar surface area (TPSA) is 0 Å². The fourth-order valence-corrected chi connectivity index (χ4v) is 10.5. The fraction of sp³-hybridized carbons (Fsp3) is 0.571. The van der Waals surface area contributed by atoms with E-state index in [1.165, 1.54) is 0 Å². The molecule has 0 aromatic heterocycles. The molecule has 6 bridgehead atoms. The van der Waals surface area contributed by atoms with E-state index in [2.05, 4.69) is 147 Å². The zero-order valence-corrected chi connectivity index (χ0v) is 32.1. The van der Waals surface area contributed by atoms with Crippen LogP contribution in [0.3, 0.4) is 0 Å². The van der Waals surface area contributed by atoms with Gasteiger partial charge in [0.2, 0.25) is 0 Å². The summed E-state index contributed by atoms with van der Waals surface area (Å²) < 4.78 is 0. The van der Waals surface area contributed by atoms with Gasteiger partial charge in [0, 0.05) is 49.2 Å². The van der Waals surface area contributed by atoms with E-state index in [0.29, 0.717) is 0 Å². The Bertz CT molecular complexity index is 1600. The zero-order valence-electron chi connectivity index (χ0n) is 29.1. The summed E-state index contributed by atoms with van der Waals surface area (Å²) in [6.07, 6.45) is 10.3. The Balaban J connectivity index is 1.09. The first-order chi connectivity index (χ1) is 20.7. The quantitative estimate of drug-likeness (QED) is 0.197. The molecule has 1 aromatic carbocycles. The molecule has 0 N–H and O–H groups in total. The van der Waals surface area contributed by atoms with Crippen LogP contribution in [0.25, 0.3) is 0 Å². The monoisotopic (exact) mass is 636 g/mol. The molecule has 0 nitrogen and oxygen atoms in total. The average molecular weight is 637 g/mol. The van der Waals surface area contributed by atoms with Gasteiger partial charge in [0.1, 0.15) is 24.2 Å². The maximum absolute atomic E-state index is 3.69. The van der Waals surface area contributed by atoms with Crippen LogP contribution in [0.1, 0.15) is 74.5 Å². The summed E-state index contributed by atoms with van der Waals surface area (Å²) in [7, 11) is -4.00. The fourth-order valence-electron chi connectivity index (χ4n) is 8.58. The van der Waals surface area contributed by atoms with Crippen molar-refractivity contribution in [1.29, 1.82) is 0 Å². The Morgan fingerprint density at radius 2 is 0.556 bits per heavy atom. The number of hydrogen-bond acceptors (Lipinski definition) is 0. The predicted octanol–water partition coefficient (Wildman–Crippen LogP) is 8.89. The first-order valence-electron chi connectivity index (χ1n) is 17.1. The summed E-state index contributed by atoms with van der Waals surface area (Å²) in [5.74, 6) is 32.8. The highest BCUT2D eigenvalue weighted by molar-refractivity contribution is 6.84. The SMILES string of the molecule is C[Si](C)(C)C#CC12CC(C#Cc3cc(C#CC45CC(C#C[Si](C)(C)C)(C4)C5)cc(C#CC45CC(C#C[Si](C)(C)C)(C4)C5)c3)(C1)C2. The van der Waals surface area contributed by atoms with Crippen LogP contribution < -0.4 is 0 Å². The van der Waals surface area contributed by atoms with E-state index in [9.17, 15) is 0 Å². The molecular formula is C42H48Si3. The maximum atomic E-state index is 3.69. The van der Waals surface area contributed by atoms with Crippen molar-refractivity contribution in [2.45, 2.75) is 117 Å². The predicted molar refractivity (Wildman–Crippen MR) is 197 cm³/mol. The summed E-state index contributed by atoms with van der Waals surface area (Å²) in [6, 6.07) is 6.60. The minimum atomic E-state index is -1.33. The van der Waals surface area contributed by atoms with Crippen molar-refractivity contribution >= 4 is 24.2 Å². The summed E-state index contributed by atoms with van der Waals surface area (Å²) in [5, 5.41) is 0. The summed E-state index contributed by atoms with van der Waals surface area (Å²) in [6.45, 7) is 21.0. The molecule has 0 amide bonds. The second kappa shape index (κ2) is 9.41. The summed E-state index contributed by atoms with van der Waals surface area (Å²) >= 11 is 0. The van der Waals surface area contributed by atoms with Crippen LogP contribution in [0.15, 0.2) is 18.2 Å². The van der Waals surface area contributed by atoms with Gasteiger partial charge in [0.15, 0.2) is 0 Å². The van der Waals surface area contributed by atoms with Crippen molar-refractivity contribution < 1.29 is 0 Å². The molecule has 0 unspecified atom stereocenters. The standard InChI is InChI=1S/C42H48Si3/c1-43(2,3)19-16-40-25-37(26-40,27-40)13-10-34-22-35(11-14-38-28-41(29-38,30-38)17-20-44(4,5)6)24-36(23-34)12-15-39-31-42(32-39,33-39)18-21-45(7,8)9/h22-24H,25-33H2,1-9H3. The minimum Gasteiger partial charge on any atom is -0.131 e. The Morgan fingerprint density at radius 1 is 0.356 bits per heavy atom. The molecule has 9 saturated carbocycles. The van der Waals surface area contributed by atoms with E-state index in [0.717, 1.165) is 74.5 Å². The van der Waals surface area contributed by atoms with Gasteiger partial charge < -0.3 is 0 Å². The molecule has 0 aliphatic heterocycles. The molecule has 0 radical (unpaired) electrons. The zero-order chi connectivity index (χ0) is 32.2. The molecule has 9 fully saturated rings. The molecule has 9 aliphatic carbocycles. The third-order valence-electron chi connectivity index (χ3n) is 10.5. The van der Waals surface area contributed by atoms with Gasteiger partial charge in [0.25, 0.3) is 0 Å². The van der Waals surface area contributed by atoms with Crippen molar-refractivity contribution in [2.75, 3.05) is 0 Å². The Morgan fingerprint density at radius 3 is 0.756 bits per heavy atom. The summed E-state index contributed by atoms with van der Waals surface area (Å²) in [5.41, 5.74) is 15.3. The Labute approximate surface area is 277 Å². The Kier molecular flexibility index (Phi) is 6.45. The van der Waals surface area contributed by atoms with Gasteiger partial charge in [-0.25, -0.2) is 0 Å². The van der Waals surface area contributed by atoms with Gasteiger partial charge in [-0.15, -0.1) is 34.4 Å². The molecular weight excluding hydrogens is 589 g/mol. The molecule has 45 heavy (non-hydrogen) atoms. The highest BCUT2D eigenvalue weighted by Crippen LogP contribution is 2.74. The van der Waals surface area contributed by atoms with Crippen LogP contribution in [-0.2, 0) is 0 Å². The van der Waals surface area contributed by atoms with Crippen LogP contribution in [0, 0.1) is 102 Å². The van der Waals surface area contributed by atoms with Crippen molar-refractivity contribution in [2.24, 2.45) is 32.5 Å². The molecule has 9 aliphatic rings. The van der Waals surface area contributed by atoms with Gasteiger partial charge in [-0.1, -0.05) is 94.4 Å². The molecule has 0 saturated heterocycles. The van der Waals surface area contributed by atoms with Crippen LogP contribution in [0.5, 0.6) is 0 Å². The van der Waals surface area contributed by atoms with E-state index >= 15 is 0 Å². The van der Waals surface area contributed by atoms with Gasteiger partial charge >= 0.3 is 0 Å². The van der Waals surface area contributed by atoms with Gasteiger partial charge in [0.05, 0.1) is 0 Å². The molecule has 0 atom stereocenters. The molecule has 0 spiro atoms. The Hall–Kier alpha value is -2.77. The van der Waals surface area contributed by atoms with Crippen molar-refractivity contribution in [3.05, 3.63) is 34.9 Å². The lowest BCUT2D eigenvalue weighted by molar-refractivity contribution is -0.113. The van der Waals surface area contributed by atoms with Crippen LogP contribution in [0.4, 0.5) is 0 Å². The first-order valence-corrected chi connectivity index (χ1v) is 27.6. The molecule has 228 valence electrons. The maximum Gasteiger partial charge on any atom is 0.129 e. The molecule has 10 rings (SSSR count). The lowest BCUT2D eigenvalue weighted by Gasteiger charge is -2.66. The highest BCUT2D eigenvalue weighted by atomic mass is 28.3. The van der Waals surface area contributed by atoms with Gasteiger partial charge in [-0.2, -0.15) is 0 Å². The van der Waals surface area contributed by atoms with Gasteiger partial charge in [-0.3, -0.25) is 0 Å². The molecule has 3 heteroatoms. The number of rotatable bonds is 0. The lowest BCUT2D eigenvalue weighted by Crippen LogP contribution is -2.60. The van der Waals surface area contributed by atoms with E-state index < -0.39 is 24.2 Å². The molecule has 0 heterocycles.